The number of carboxylic acid groups (broad SMARTS) is 1. The van der Waals surface area contributed by atoms with E-state index < -0.39 is 5.97 Å². The molecule has 0 unspecified atom stereocenters. The molecule has 0 spiro atoms. The topological polar surface area (TPSA) is 88.3 Å². The Kier molecular flexibility index (Phi) is 5.35. The van der Waals surface area contributed by atoms with Crippen molar-refractivity contribution in [1.82, 2.24) is 19.7 Å². The molecule has 1 saturated heterocycles. The third-order valence-corrected chi connectivity index (χ3v) is 4.81. The van der Waals surface area contributed by atoms with Crippen molar-refractivity contribution in [3.05, 3.63) is 41.5 Å². The van der Waals surface area contributed by atoms with Crippen molar-refractivity contribution in [1.29, 1.82) is 0 Å². The highest BCUT2D eigenvalue weighted by molar-refractivity contribution is 5.94. The molecule has 7 nitrogen and oxygen atoms in total. The van der Waals surface area contributed by atoms with Crippen LogP contribution in [0.15, 0.2) is 24.3 Å². The van der Waals surface area contributed by atoms with Crippen molar-refractivity contribution in [2.75, 3.05) is 13.1 Å². The molecule has 1 aromatic heterocycles. The highest BCUT2D eigenvalue weighted by Gasteiger charge is 2.24. The van der Waals surface area contributed by atoms with Crippen LogP contribution in [0.2, 0.25) is 0 Å². The highest BCUT2D eigenvalue weighted by atomic mass is 16.4. The molecule has 138 valence electrons. The lowest BCUT2D eigenvalue weighted by Gasteiger charge is -2.32. The SMILES string of the molecule is Cc1nc(C)n(-c2ccc(C(=O)N3CCC[C@@H](CCC(=O)O)C3)cc2)n1. The predicted octanol–water partition coefficient (Wildman–Crippen LogP) is 2.60. The summed E-state index contributed by atoms with van der Waals surface area (Å²) >= 11 is 0. The number of nitrogens with zero attached hydrogens (tertiary/aromatic N) is 4. The standard InChI is InChI=1S/C19H24N4O3/c1-13-20-14(2)23(21-13)17-8-6-16(7-9-17)19(26)22-11-3-4-15(12-22)5-10-18(24)25/h6-9,15H,3-5,10-12H2,1-2H3,(H,24,25)/t15-/m0/s1. The Morgan fingerprint density at radius 2 is 1.96 bits per heavy atom. The number of carboxylic acids is 1. The second-order valence-corrected chi connectivity index (χ2v) is 6.86. The molecule has 1 aromatic carbocycles. The lowest BCUT2D eigenvalue weighted by molar-refractivity contribution is -0.137. The average molecular weight is 356 g/mol. The summed E-state index contributed by atoms with van der Waals surface area (Å²) in [4.78, 5) is 29.7. The number of benzene rings is 1. The molecule has 1 amide bonds. The number of amides is 1. The van der Waals surface area contributed by atoms with Crippen molar-refractivity contribution < 1.29 is 14.7 Å². The summed E-state index contributed by atoms with van der Waals surface area (Å²) in [5, 5.41) is 13.2. The van der Waals surface area contributed by atoms with Crippen LogP contribution in [-0.2, 0) is 4.79 Å². The number of hydrogen-bond acceptors (Lipinski definition) is 4. The number of hydrogen-bond donors (Lipinski definition) is 1. The molecule has 1 aliphatic heterocycles. The Bertz CT molecular complexity index is 798. The number of rotatable bonds is 5. The lowest BCUT2D eigenvalue weighted by atomic mass is 9.93. The number of carbonyl (C=O) groups excluding carboxylic acids is 1. The molecule has 0 saturated carbocycles. The quantitative estimate of drug-likeness (QED) is 0.889. The summed E-state index contributed by atoms with van der Waals surface area (Å²) in [5.74, 6) is 1.01. The van der Waals surface area contributed by atoms with Gasteiger partial charge < -0.3 is 10.0 Å². The van der Waals surface area contributed by atoms with Gasteiger partial charge in [0.1, 0.15) is 11.6 Å². The molecule has 1 N–H and O–H groups in total. The molecule has 7 heteroatoms. The van der Waals surface area contributed by atoms with E-state index in [1.807, 2.05) is 43.0 Å². The Labute approximate surface area is 152 Å². The van der Waals surface area contributed by atoms with Gasteiger partial charge in [0.2, 0.25) is 0 Å². The maximum atomic E-state index is 12.8. The normalized spacial score (nSPS) is 17.3. The summed E-state index contributed by atoms with van der Waals surface area (Å²) < 4.78 is 1.76. The summed E-state index contributed by atoms with van der Waals surface area (Å²) in [6.07, 6.45) is 2.70. The van der Waals surface area contributed by atoms with Crippen LogP contribution in [0, 0.1) is 19.8 Å². The second kappa shape index (κ2) is 7.68. The van der Waals surface area contributed by atoms with Crippen LogP contribution in [0.1, 0.15) is 47.7 Å². The van der Waals surface area contributed by atoms with E-state index >= 15 is 0 Å². The minimum absolute atomic E-state index is 0.00284. The summed E-state index contributed by atoms with van der Waals surface area (Å²) in [6, 6.07) is 7.38. The molecule has 2 heterocycles. The van der Waals surface area contributed by atoms with Crippen LogP contribution in [-0.4, -0.2) is 49.7 Å². The summed E-state index contributed by atoms with van der Waals surface area (Å²) in [7, 11) is 0. The molecular weight excluding hydrogens is 332 g/mol. The number of likely N-dealkylation sites (tertiary alicyclic amines) is 1. The largest absolute Gasteiger partial charge is 0.481 e. The van der Waals surface area contributed by atoms with E-state index in [1.165, 1.54) is 0 Å². The van der Waals surface area contributed by atoms with E-state index in [2.05, 4.69) is 10.1 Å². The van der Waals surface area contributed by atoms with E-state index in [-0.39, 0.29) is 18.2 Å². The van der Waals surface area contributed by atoms with Crippen LogP contribution >= 0.6 is 0 Å². The number of piperidine rings is 1. The first-order chi connectivity index (χ1) is 12.4. The number of aromatic nitrogens is 3. The maximum Gasteiger partial charge on any atom is 0.303 e. The fraction of sp³-hybridized carbons (Fsp3) is 0.474. The zero-order chi connectivity index (χ0) is 18.7. The third kappa shape index (κ3) is 4.09. The van der Waals surface area contributed by atoms with E-state index in [0.29, 0.717) is 24.4 Å². The van der Waals surface area contributed by atoms with Crippen LogP contribution < -0.4 is 0 Å². The first kappa shape index (κ1) is 18.1. The molecule has 0 radical (unpaired) electrons. The van der Waals surface area contributed by atoms with Gasteiger partial charge in [-0.15, -0.1) is 0 Å². The predicted molar refractivity (Wildman–Crippen MR) is 96.3 cm³/mol. The monoisotopic (exact) mass is 356 g/mol. The van der Waals surface area contributed by atoms with Crippen molar-refractivity contribution in [2.24, 2.45) is 5.92 Å². The highest BCUT2D eigenvalue weighted by Crippen LogP contribution is 2.23. The van der Waals surface area contributed by atoms with Gasteiger partial charge in [-0.25, -0.2) is 9.67 Å². The van der Waals surface area contributed by atoms with Crippen molar-refractivity contribution in [3.63, 3.8) is 0 Å². The summed E-state index contributed by atoms with van der Waals surface area (Å²) in [5.41, 5.74) is 1.51. The Morgan fingerprint density at radius 1 is 1.23 bits per heavy atom. The molecule has 26 heavy (non-hydrogen) atoms. The number of aryl methyl sites for hydroxylation is 2. The number of carbonyl (C=O) groups is 2. The Balaban J connectivity index is 1.67. The van der Waals surface area contributed by atoms with Crippen molar-refractivity contribution in [2.45, 2.75) is 39.5 Å². The summed E-state index contributed by atoms with van der Waals surface area (Å²) in [6.45, 7) is 5.10. The zero-order valence-corrected chi connectivity index (χ0v) is 15.2. The van der Waals surface area contributed by atoms with Crippen LogP contribution in [0.5, 0.6) is 0 Å². The molecule has 3 rings (SSSR count). The first-order valence-electron chi connectivity index (χ1n) is 8.96. The van der Waals surface area contributed by atoms with E-state index in [4.69, 9.17) is 5.11 Å². The molecule has 1 atom stereocenters. The van der Waals surface area contributed by atoms with Gasteiger partial charge >= 0.3 is 5.97 Å². The Hall–Kier alpha value is -2.70. The van der Waals surface area contributed by atoms with E-state index in [9.17, 15) is 9.59 Å². The number of aliphatic carboxylic acids is 1. The molecule has 0 aliphatic carbocycles. The van der Waals surface area contributed by atoms with Crippen LogP contribution in [0.3, 0.4) is 0 Å². The van der Waals surface area contributed by atoms with Gasteiger partial charge in [-0.1, -0.05) is 0 Å². The van der Waals surface area contributed by atoms with Gasteiger partial charge in [0.05, 0.1) is 5.69 Å². The van der Waals surface area contributed by atoms with Gasteiger partial charge in [0.15, 0.2) is 0 Å². The van der Waals surface area contributed by atoms with Crippen molar-refractivity contribution in [3.8, 4) is 5.69 Å². The van der Waals surface area contributed by atoms with Gasteiger partial charge in [-0.2, -0.15) is 5.10 Å². The second-order valence-electron chi connectivity index (χ2n) is 6.86. The fourth-order valence-corrected chi connectivity index (χ4v) is 3.51. The third-order valence-electron chi connectivity index (χ3n) is 4.81. The van der Waals surface area contributed by atoms with E-state index in [0.717, 1.165) is 30.9 Å². The average Bonchev–Trinajstić information content (AvgIpc) is 2.98. The van der Waals surface area contributed by atoms with Gasteiger partial charge in [0.25, 0.3) is 5.91 Å². The minimum Gasteiger partial charge on any atom is -0.481 e. The molecule has 2 aromatic rings. The minimum atomic E-state index is -0.775. The van der Waals surface area contributed by atoms with E-state index in [1.54, 1.807) is 4.68 Å². The van der Waals surface area contributed by atoms with Gasteiger partial charge in [-0.3, -0.25) is 9.59 Å². The molecule has 0 bridgehead atoms. The molecule has 1 fully saturated rings. The fourth-order valence-electron chi connectivity index (χ4n) is 3.51. The molecule has 1 aliphatic rings. The smallest absolute Gasteiger partial charge is 0.303 e. The van der Waals surface area contributed by atoms with Gasteiger partial charge in [0, 0.05) is 25.1 Å². The zero-order valence-electron chi connectivity index (χ0n) is 15.2. The van der Waals surface area contributed by atoms with Crippen LogP contribution in [0.25, 0.3) is 5.69 Å². The van der Waals surface area contributed by atoms with Crippen molar-refractivity contribution >= 4 is 11.9 Å². The lowest BCUT2D eigenvalue weighted by Crippen LogP contribution is -2.40. The Morgan fingerprint density at radius 3 is 2.58 bits per heavy atom. The van der Waals surface area contributed by atoms with Crippen LogP contribution in [0.4, 0.5) is 0 Å². The maximum absolute atomic E-state index is 12.8. The molecular formula is C19H24N4O3. The van der Waals surface area contributed by atoms with Gasteiger partial charge in [-0.05, 0) is 63.3 Å². The first-order valence-corrected chi connectivity index (χ1v) is 8.96.